The third-order valence-electron chi connectivity index (χ3n) is 4.97. The molecule has 0 radical (unpaired) electrons. The van der Waals surface area contributed by atoms with Gasteiger partial charge in [0.1, 0.15) is 0 Å². The third-order valence-corrected chi connectivity index (χ3v) is 6.72. The van der Waals surface area contributed by atoms with E-state index in [0.29, 0.717) is 38.6 Å². The highest BCUT2D eigenvalue weighted by atomic mass is 32.2. The Balaban J connectivity index is 1.83. The number of nitrogens with one attached hydrogen (secondary N) is 1. The highest BCUT2D eigenvalue weighted by Gasteiger charge is 2.36. The largest absolute Gasteiger partial charge is 0.352 e. The van der Waals surface area contributed by atoms with Gasteiger partial charge in [0, 0.05) is 31.5 Å². The zero-order valence-corrected chi connectivity index (χ0v) is 14.5. The number of nitrogens with zero attached hydrogens (tertiary/aromatic N) is 1. The van der Waals surface area contributed by atoms with Gasteiger partial charge in [0.05, 0.1) is 11.5 Å². The lowest BCUT2D eigenvalue weighted by Gasteiger charge is -2.32. The summed E-state index contributed by atoms with van der Waals surface area (Å²) in [6.45, 7) is 4.04. The van der Waals surface area contributed by atoms with Crippen LogP contribution in [0.1, 0.15) is 32.1 Å². The highest BCUT2D eigenvalue weighted by Crippen LogP contribution is 2.31. The Bertz CT molecular complexity index is 565. The van der Waals surface area contributed by atoms with Gasteiger partial charge in [-0.3, -0.25) is 9.59 Å². The highest BCUT2D eigenvalue weighted by molar-refractivity contribution is 7.91. The first-order valence-corrected chi connectivity index (χ1v) is 10.0. The second kappa shape index (κ2) is 7.47. The van der Waals surface area contributed by atoms with E-state index in [0.717, 1.165) is 0 Å². The molecule has 0 bridgehead atoms. The van der Waals surface area contributed by atoms with E-state index in [9.17, 15) is 18.0 Å². The van der Waals surface area contributed by atoms with Crippen LogP contribution in [0.25, 0.3) is 0 Å². The van der Waals surface area contributed by atoms with Gasteiger partial charge in [-0.25, -0.2) is 8.42 Å². The standard InChI is InChI=1S/C16H26N2O4S/c1-3-9-17-15(19)12-4-6-13(7-5-12)16(20)18(2)14-8-10-23(21,22)11-14/h3,12-14H,1,4-11H2,2H3,(H,17,19). The van der Waals surface area contributed by atoms with Gasteiger partial charge in [-0.15, -0.1) is 6.58 Å². The molecule has 1 aliphatic heterocycles. The average molecular weight is 342 g/mol. The van der Waals surface area contributed by atoms with Crippen molar-refractivity contribution < 1.29 is 18.0 Å². The summed E-state index contributed by atoms with van der Waals surface area (Å²) in [5.74, 6) is 0.186. The van der Waals surface area contributed by atoms with Crippen LogP contribution in [0.4, 0.5) is 0 Å². The van der Waals surface area contributed by atoms with Gasteiger partial charge in [-0.1, -0.05) is 6.08 Å². The molecule has 1 N–H and O–H groups in total. The van der Waals surface area contributed by atoms with Gasteiger partial charge in [0.15, 0.2) is 9.84 Å². The number of rotatable bonds is 5. The fourth-order valence-electron chi connectivity index (χ4n) is 3.47. The van der Waals surface area contributed by atoms with Gasteiger partial charge in [0.25, 0.3) is 0 Å². The van der Waals surface area contributed by atoms with E-state index < -0.39 is 9.84 Å². The molecule has 2 rings (SSSR count). The maximum atomic E-state index is 12.6. The van der Waals surface area contributed by atoms with E-state index in [1.165, 1.54) is 0 Å². The van der Waals surface area contributed by atoms with Gasteiger partial charge < -0.3 is 10.2 Å². The molecule has 6 nitrogen and oxygen atoms in total. The van der Waals surface area contributed by atoms with Crippen LogP contribution in [0.2, 0.25) is 0 Å². The van der Waals surface area contributed by atoms with Crippen LogP contribution in [0.5, 0.6) is 0 Å². The summed E-state index contributed by atoms with van der Waals surface area (Å²) in [5, 5.41) is 2.80. The Hall–Kier alpha value is -1.37. The van der Waals surface area contributed by atoms with Gasteiger partial charge >= 0.3 is 0 Å². The minimum absolute atomic E-state index is 0.0250. The molecule has 23 heavy (non-hydrogen) atoms. The molecule has 0 aromatic rings. The summed E-state index contributed by atoms with van der Waals surface area (Å²) < 4.78 is 23.1. The molecule has 2 aliphatic rings. The Labute approximate surface area is 138 Å². The summed E-state index contributed by atoms with van der Waals surface area (Å²) in [7, 11) is -1.28. The Morgan fingerprint density at radius 2 is 1.78 bits per heavy atom. The Kier molecular flexibility index (Phi) is 5.84. The first-order valence-electron chi connectivity index (χ1n) is 8.19. The van der Waals surface area contributed by atoms with Crippen LogP contribution in [0, 0.1) is 11.8 Å². The average Bonchev–Trinajstić information content (AvgIpc) is 2.91. The maximum absolute atomic E-state index is 12.6. The molecule has 1 unspecified atom stereocenters. The minimum atomic E-state index is -2.99. The van der Waals surface area contributed by atoms with Gasteiger partial charge in [0.2, 0.25) is 11.8 Å². The maximum Gasteiger partial charge on any atom is 0.225 e. The van der Waals surface area contributed by atoms with E-state index in [-0.39, 0.29) is 41.2 Å². The fourth-order valence-corrected chi connectivity index (χ4v) is 5.24. The van der Waals surface area contributed by atoms with Crippen molar-refractivity contribution in [3.05, 3.63) is 12.7 Å². The second-order valence-corrected chi connectivity index (χ2v) is 8.82. The third kappa shape index (κ3) is 4.56. The molecular weight excluding hydrogens is 316 g/mol. The quantitative estimate of drug-likeness (QED) is 0.747. The molecule has 0 aromatic carbocycles. The summed E-state index contributed by atoms with van der Waals surface area (Å²) in [4.78, 5) is 26.1. The smallest absolute Gasteiger partial charge is 0.225 e. The molecule has 1 saturated carbocycles. The number of carbonyl (C=O) groups excluding carboxylic acids is 2. The Morgan fingerprint density at radius 3 is 2.30 bits per heavy atom. The molecule has 1 heterocycles. The molecule has 130 valence electrons. The van der Waals surface area contributed by atoms with Crippen molar-refractivity contribution in [2.45, 2.75) is 38.1 Å². The number of amides is 2. The zero-order chi connectivity index (χ0) is 17.0. The molecule has 1 aliphatic carbocycles. The molecule has 2 amide bonds. The van der Waals surface area contributed by atoms with Crippen molar-refractivity contribution >= 4 is 21.7 Å². The van der Waals surface area contributed by atoms with Crippen molar-refractivity contribution in [1.82, 2.24) is 10.2 Å². The second-order valence-electron chi connectivity index (χ2n) is 6.59. The summed E-state index contributed by atoms with van der Waals surface area (Å²) in [5.41, 5.74) is 0. The monoisotopic (exact) mass is 342 g/mol. The molecule has 2 fully saturated rings. The van der Waals surface area contributed by atoms with Crippen molar-refractivity contribution in [2.24, 2.45) is 11.8 Å². The van der Waals surface area contributed by atoms with Crippen LogP contribution >= 0.6 is 0 Å². The normalized spacial score (nSPS) is 29.7. The molecular formula is C16H26N2O4S. The molecule has 1 saturated heterocycles. The molecule has 0 spiro atoms. The molecule has 7 heteroatoms. The van der Waals surface area contributed by atoms with Crippen LogP contribution in [-0.4, -0.2) is 56.3 Å². The lowest BCUT2D eigenvalue weighted by atomic mass is 9.80. The van der Waals surface area contributed by atoms with Crippen LogP contribution < -0.4 is 5.32 Å². The first kappa shape index (κ1) is 18.0. The predicted octanol–water partition coefficient (Wildman–Crippen LogP) is 0.741. The van der Waals surface area contributed by atoms with E-state index in [2.05, 4.69) is 11.9 Å². The van der Waals surface area contributed by atoms with Crippen molar-refractivity contribution in [3.8, 4) is 0 Å². The van der Waals surface area contributed by atoms with E-state index in [1.807, 2.05) is 0 Å². The van der Waals surface area contributed by atoms with Crippen molar-refractivity contribution in [3.63, 3.8) is 0 Å². The Morgan fingerprint density at radius 1 is 1.17 bits per heavy atom. The lowest BCUT2D eigenvalue weighted by Crippen LogP contribution is -2.43. The van der Waals surface area contributed by atoms with E-state index in [4.69, 9.17) is 0 Å². The van der Waals surface area contributed by atoms with Gasteiger partial charge in [-0.05, 0) is 32.1 Å². The summed E-state index contributed by atoms with van der Waals surface area (Å²) >= 11 is 0. The van der Waals surface area contributed by atoms with Crippen LogP contribution in [0.15, 0.2) is 12.7 Å². The van der Waals surface area contributed by atoms with Crippen LogP contribution in [-0.2, 0) is 19.4 Å². The summed E-state index contributed by atoms with van der Waals surface area (Å²) in [6.07, 6.45) is 4.97. The number of sulfone groups is 1. The number of carbonyl (C=O) groups is 2. The molecule has 0 aromatic heterocycles. The predicted molar refractivity (Wildman–Crippen MR) is 88.5 cm³/mol. The van der Waals surface area contributed by atoms with E-state index in [1.54, 1.807) is 18.0 Å². The topological polar surface area (TPSA) is 83.6 Å². The SMILES string of the molecule is C=CCNC(=O)C1CCC(C(=O)N(C)C2CCS(=O)(=O)C2)CC1. The minimum Gasteiger partial charge on any atom is -0.352 e. The number of hydrogen-bond acceptors (Lipinski definition) is 4. The number of hydrogen-bond donors (Lipinski definition) is 1. The van der Waals surface area contributed by atoms with Gasteiger partial charge in [-0.2, -0.15) is 0 Å². The first-order chi connectivity index (χ1) is 10.8. The van der Waals surface area contributed by atoms with Crippen LogP contribution in [0.3, 0.4) is 0 Å². The summed E-state index contributed by atoms with van der Waals surface area (Å²) in [6, 6.07) is -0.193. The van der Waals surface area contributed by atoms with E-state index >= 15 is 0 Å². The molecule has 1 atom stereocenters. The lowest BCUT2D eigenvalue weighted by molar-refractivity contribution is -0.138. The zero-order valence-electron chi connectivity index (χ0n) is 13.7. The van der Waals surface area contributed by atoms with Crippen molar-refractivity contribution in [1.29, 1.82) is 0 Å². The van der Waals surface area contributed by atoms with Crippen molar-refractivity contribution in [2.75, 3.05) is 25.1 Å². The fraction of sp³-hybridized carbons (Fsp3) is 0.750.